The molecule has 3 heteroatoms. The van der Waals surface area contributed by atoms with Crippen LogP contribution < -0.4 is 0 Å². The lowest BCUT2D eigenvalue weighted by Gasteiger charge is -2.15. The summed E-state index contributed by atoms with van der Waals surface area (Å²) in [6.07, 6.45) is 0.739. The zero-order valence-corrected chi connectivity index (χ0v) is 14.0. The zero-order chi connectivity index (χ0) is 14.0. The lowest BCUT2D eigenvalue weighted by molar-refractivity contribution is 0.907. The van der Waals surface area contributed by atoms with Crippen molar-refractivity contribution < 1.29 is 0 Å². The third-order valence-electron chi connectivity index (χ3n) is 3.24. The van der Waals surface area contributed by atoms with Gasteiger partial charge in [0.25, 0.3) is 0 Å². The van der Waals surface area contributed by atoms with Gasteiger partial charge in [-0.3, -0.25) is 0 Å². The quantitative estimate of drug-likeness (QED) is 0.570. The van der Waals surface area contributed by atoms with Crippen molar-refractivity contribution in [2.45, 2.75) is 25.6 Å². The Bertz CT molecular complexity index is 593. The van der Waals surface area contributed by atoms with E-state index in [0.717, 1.165) is 21.5 Å². The summed E-state index contributed by atoms with van der Waals surface area (Å²) in [7, 11) is 0. The summed E-state index contributed by atoms with van der Waals surface area (Å²) in [5.74, 6) is 0. The fourth-order valence-corrected chi connectivity index (χ4v) is 3.18. The largest absolute Gasteiger partial charge is 0.117 e. The summed E-state index contributed by atoms with van der Waals surface area (Å²) >= 11 is 16.3. The molecule has 0 saturated carbocycles. The van der Waals surface area contributed by atoms with Crippen molar-refractivity contribution in [1.29, 1.82) is 0 Å². The van der Waals surface area contributed by atoms with Gasteiger partial charge in [0.15, 0.2) is 0 Å². The van der Waals surface area contributed by atoms with Crippen molar-refractivity contribution >= 4 is 39.1 Å². The Morgan fingerprint density at radius 1 is 1.11 bits per heavy atom. The molecule has 1 unspecified atom stereocenters. The average molecular weight is 358 g/mol. The summed E-state index contributed by atoms with van der Waals surface area (Å²) < 4.78 is 1.12. The Morgan fingerprint density at radius 2 is 1.79 bits per heavy atom. The maximum absolute atomic E-state index is 6.57. The lowest BCUT2D eigenvalue weighted by atomic mass is 9.98. The summed E-state index contributed by atoms with van der Waals surface area (Å²) in [6, 6.07) is 12.1. The van der Waals surface area contributed by atoms with Gasteiger partial charge in [-0.15, -0.1) is 11.6 Å². The van der Waals surface area contributed by atoms with E-state index < -0.39 is 0 Å². The maximum atomic E-state index is 6.57. The minimum Gasteiger partial charge on any atom is -0.117 e. The van der Waals surface area contributed by atoms with Crippen LogP contribution in [-0.4, -0.2) is 0 Å². The second-order valence-electron chi connectivity index (χ2n) is 4.72. The number of hydrogen-bond donors (Lipinski definition) is 0. The van der Waals surface area contributed by atoms with E-state index in [0.29, 0.717) is 0 Å². The molecule has 2 rings (SSSR count). The van der Waals surface area contributed by atoms with Crippen molar-refractivity contribution in [1.82, 2.24) is 0 Å². The van der Waals surface area contributed by atoms with E-state index in [-0.39, 0.29) is 5.38 Å². The Morgan fingerprint density at radius 3 is 2.47 bits per heavy atom. The van der Waals surface area contributed by atoms with E-state index in [1.54, 1.807) is 0 Å². The Kier molecular flexibility index (Phi) is 4.94. The fraction of sp³-hybridized carbons (Fsp3) is 0.250. The van der Waals surface area contributed by atoms with Crippen LogP contribution in [0.3, 0.4) is 0 Å². The third-order valence-corrected chi connectivity index (χ3v) is 4.85. The second-order valence-corrected chi connectivity index (χ2v) is 6.51. The Hall–Kier alpha value is -0.500. The molecular formula is C16H15BrCl2. The number of aryl methyl sites for hydroxylation is 2. The van der Waals surface area contributed by atoms with E-state index in [1.165, 1.54) is 16.7 Å². The van der Waals surface area contributed by atoms with E-state index in [2.05, 4.69) is 41.9 Å². The summed E-state index contributed by atoms with van der Waals surface area (Å²) in [5, 5.41) is 0.714. The first-order valence-electron chi connectivity index (χ1n) is 6.13. The number of halogens is 3. The average Bonchev–Trinajstić information content (AvgIpc) is 2.36. The number of benzene rings is 2. The third kappa shape index (κ3) is 3.53. The van der Waals surface area contributed by atoms with Crippen LogP contribution in [0.25, 0.3) is 0 Å². The van der Waals surface area contributed by atoms with Crippen molar-refractivity contribution in [2.24, 2.45) is 0 Å². The predicted molar refractivity (Wildman–Crippen MR) is 87.4 cm³/mol. The van der Waals surface area contributed by atoms with Gasteiger partial charge in [-0.05, 0) is 54.7 Å². The van der Waals surface area contributed by atoms with Gasteiger partial charge in [-0.2, -0.15) is 0 Å². The fourth-order valence-electron chi connectivity index (χ4n) is 2.11. The van der Waals surface area contributed by atoms with Gasteiger partial charge in [-0.1, -0.05) is 51.8 Å². The minimum absolute atomic E-state index is 0.0632. The molecular weight excluding hydrogens is 343 g/mol. The van der Waals surface area contributed by atoms with Crippen LogP contribution in [0.4, 0.5) is 0 Å². The lowest BCUT2D eigenvalue weighted by Crippen LogP contribution is -2.00. The van der Waals surface area contributed by atoms with Gasteiger partial charge in [-0.25, -0.2) is 0 Å². The monoisotopic (exact) mass is 356 g/mol. The van der Waals surface area contributed by atoms with Crippen LogP contribution in [0.5, 0.6) is 0 Å². The smallest absolute Gasteiger partial charge is 0.0628 e. The van der Waals surface area contributed by atoms with Crippen LogP contribution in [0.15, 0.2) is 40.9 Å². The molecule has 0 saturated heterocycles. The van der Waals surface area contributed by atoms with Gasteiger partial charge in [0.05, 0.1) is 5.38 Å². The normalized spacial score (nSPS) is 12.5. The first kappa shape index (κ1) is 14.9. The molecule has 0 aliphatic carbocycles. The highest BCUT2D eigenvalue weighted by Gasteiger charge is 2.14. The molecule has 0 aliphatic rings. The maximum Gasteiger partial charge on any atom is 0.0628 e. The highest BCUT2D eigenvalue weighted by molar-refractivity contribution is 9.10. The first-order valence-corrected chi connectivity index (χ1v) is 7.74. The predicted octanol–water partition coefficient (Wildman–Crippen LogP) is 6.24. The van der Waals surface area contributed by atoms with Gasteiger partial charge in [0, 0.05) is 9.50 Å². The molecule has 0 heterocycles. The van der Waals surface area contributed by atoms with Gasteiger partial charge < -0.3 is 0 Å². The molecule has 0 amide bonds. The topological polar surface area (TPSA) is 0 Å². The molecule has 2 aromatic rings. The SMILES string of the molecule is Cc1cc(C(Cl)Cc2ccccc2Cl)c(C)cc1Br. The molecule has 0 bridgehead atoms. The highest BCUT2D eigenvalue weighted by Crippen LogP contribution is 2.32. The van der Waals surface area contributed by atoms with Gasteiger partial charge in [0.2, 0.25) is 0 Å². The van der Waals surface area contributed by atoms with Gasteiger partial charge >= 0.3 is 0 Å². The first-order chi connectivity index (χ1) is 8.99. The molecule has 0 spiro atoms. The minimum atomic E-state index is -0.0632. The molecule has 2 aromatic carbocycles. The number of alkyl halides is 1. The summed E-state index contributed by atoms with van der Waals surface area (Å²) in [5.41, 5.74) is 4.65. The van der Waals surface area contributed by atoms with Crippen LogP contribution in [0, 0.1) is 13.8 Å². The molecule has 0 aliphatic heterocycles. The molecule has 0 N–H and O–H groups in total. The van der Waals surface area contributed by atoms with Crippen molar-refractivity contribution in [3.8, 4) is 0 Å². The van der Waals surface area contributed by atoms with Gasteiger partial charge in [0.1, 0.15) is 0 Å². The Balaban J connectivity index is 2.28. The number of hydrogen-bond acceptors (Lipinski definition) is 0. The standard InChI is InChI=1S/C16H15BrCl2/c1-10-8-14(17)11(2)7-13(10)16(19)9-12-5-3-4-6-15(12)18/h3-8,16H,9H2,1-2H3. The second kappa shape index (κ2) is 6.30. The molecule has 19 heavy (non-hydrogen) atoms. The van der Waals surface area contributed by atoms with Crippen molar-refractivity contribution in [3.05, 3.63) is 68.1 Å². The molecule has 100 valence electrons. The van der Waals surface area contributed by atoms with E-state index >= 15 is 0 Å². The summed E-state index contributed by atoms with van der Waals surface area (Å²) in [4.78, 5) is 0. The van der Waals surface area contributed by atoms with Crippen LogP contribution in [0.1, 0.15) is 27.6 Å². The molecule has 0 nitrogen and oxygen atoms in total. The highest BCUT2D eigenvalue weighted by atomic mass is 79.9. The number of rotatable bonds is 3. The van der Waals surface area contributed by atoms with Crippen molar-refractivity contribution in [3.63, 3.8) is 0 Å². The molecule has 0 aromatic heterocycles. The molecule has 1 atom stereocenters. The zero-order valence-electron chi connectivity index (χ0n) is 10.9. The Labute approximate surface area is 132 Å². The molecule has 0 fully saturated rings. The summed E-state index contributed by atoms with van der Waals surface area (Å²) in [6.45, 7) is 4.16. The van der Waals surface area contributed by atoms with E-state index in [4.69, 9.17) is 23.2 Å². The van der Waals surface area contributed by atoms with Crippen LogP contribution in [0.2, 0.25) is 5.02 Å². The van der Waals surface area contributed by atoms with Crippen LogP contribution in [-0.2, 0) is 6.42 Å². The molecule has 0 radical (unpaired) electrons. The van der Waals surface area contributed by atoms with Crippen molar-refractivity contribution in [2.75, 3.05) is 0 Å². The van der Waals surface area contributed by atoms with E-state index in [1.807, 2.05) is 24.3 Å². The van der Waals surface area contributed by atoms with E-state index in [9.17, 15) is 0 Å². The van der Waals surface area contributed by atoms with Crippen LogP contribution >= 0.6 is 39.1 Å².